The highest BCUT2D eigenvalue weighted by Crippen LogP contribution is 2.23. The smallest absolute Gasteiger partial charge is 0.249 e. The molecule has 1 saturated heterocycles. The predicted octanol–water partition coefficient (Wildman–Crippen LogP) is 3.22. The van der Waals surface area contributed by atoms with Gasteiger partial charge < -0.3 is 15.5 Å². The van der Waals surface area contributed by atoms with Crippen LogP contribution in [-0.2, 0) is 6.54 Å². The zero-order valence-electron chi connectivity index (χ0n) is 14.5. The molecule has 1 aliphatic rings. The molecule has 7 heteroatoms. The summed E-state index contributed by atoms with van der Waals surface area (Å²) in [5.41, 5.74) is 3.29. The summed E-state index contributed by atoms with van der Waals surface area (Å²) in [6.07, 6.45) is 7.74. The maximum atomic E-state index is 4.46. The minimum atomic E-state index is 0.468. The molecule has 1 fully saturated rings. The van der Waals surface area contributed by atoms with Gasteiger partial charge in [0.05, 0.1) is 6.20 Å². The zero-order chi connectivity index (χ0) is 17.6. The molecule has 0 saturated carbocycles. The monoisotopic (exact) mass is 347 g/mol. The molecule has 7 nitrogen and oxygen atoms in total. The number of aromatic nitrogens is 4. The van der Waals surface area contributed by atoms with Gasteiger partial charge in [-0.3, -0.25) is 4.98 Å². The molecule has 2 aromatic heterocycles. The van der Waals surface area contributed by atoms with E-state index in [9.17, 15) is 0 Å². The minimum Gasteiger partial charge on any atom is -0.372 e. The molecule has 4 rings (SSSR count). The first-order chi connectivity index (χ1) is 12.9. The average molecular weight is 347 g/mol. The molecule has 0 amide bonds. The van der Waals surface area contributed by atoms with Crippen molar-refractivity contribution in [2.45, 2.75) is 19.4 Å². The number of benzene rings is 1. The van der Waals surface area contributed by atoms with Gasteiger partial charge in [-0.05, 0) is 48.7 Å². The third-order valence-corrected chi connectivity index (χ3v) is 4.35. The van der Waals surface area contributed by atoms with Gasteiger partial charge in [-0.2, -0.15) is 10.1 Å². The number of hydrogen-bond donors (Lipinski definition) is 2. The predicted molar refractivity (Wildman–Crippen MR) is 103 cm³/mol. The zero-order valence-corrected chi connectivity index (χ0v) is 14.5. The Morgan fingerprint density at radius 2 is 1.85 bits per heavy atom. The highest BCUT2D eigenvalue weighted by Gasteiger charge is 2.11. The number of hydrogen-bond acceptors (Lipinski definition) is 7. The van der Waals surface area contributed by atoms with E-state index in [1.807, 2.05) is 30.5 Å². The van der Waals surface area contributed by atoms with Gasteiger partial charge in [0.25, 0.3) is 0 Å². The second-order valence-corrected chi connectivity index (χ2v) is 6.25. The SMILES string of the molecule is c1cncc(CNc2cnnc(Nc3ccc(N4CCCC4)cc3)n2)c1. The minimum absolute atomic E-state index is 0.468. The van der Waals surface area contributed by atoms with Crippen molar-refractivity contribution in [2.24, 2.45) is 0 Å². The summed E-state index contributed by atoms with van der Waals surface area (Å²) < 4.78 is 0. The van der Waals surface area contributed by atoms with Gasteiger partial charge in [0.2, 0.25) is 5.95 Å². The number of rotatable bonds is 6. The Hall–Kier alpha value is -3.22. The molecule has 26 heavy (non-hydrogen) atoms. The van der Waals surface area contributed by atoms with Crippen molar-refractivity contribution in [1.82, 2.24) is 20.2 Å². The summed E-state index contributed by atoms with van der Waals surface area (Å²) in [5, 5.41) is 14.5. The van der Waals surface area contributed by atoms with E-state index in [1.54, 1.807) is 12.4 Å². The van der Waals surface area contributed by atoms with Crippen LogP contribution >= 0.6 is 0 Å². The summed E-state index contributed by atoms with van der Waals surface area (Å²) in [7, 11) is 0. The third-order valence-electron chi connectivity index (χ3n) is 4.35. The molecule has 132 valence electrons. The van der Waals surface area contributed by atoms with E-state index in [4.69, 9.17) is 0 Å². The maximum absolute atomic E-state index is 4.46. The van der Waals surface area contributed by atoms with Crippen molar-refractivity contribution < 1.29 is 0 Å². The number of nitrogens with zero attached hydrogens (tertiary/aromatic N) is 5. The van der Waals surface area contributed by atoms with Crippen LogP contribution in [0.3, 0.4) is 0 Å². The maximum Gasteiger partial charge on any atom is 0.249 e. The van der Waals surface area contributed by atoms with Gasteiger partial charge in [0, 0.05) is 43.4 Å². The first kappa shape index (κ1) is 16.3. The topological polar surface area (TPSA) is 78.9 Å². The lowest BCUT2D eigenvalue weighted by Gasteiger charge is -2.17. The first-order valence-electron chi connectivity index (χ1n) is 8.81. The molecule has 3 heterocycles. The van der Waals surface area contributed by atoms with Crippen molar-refractivity contribution in [3.05, 3.63) is 60.6 Å². The standard InChI is InChI=1S/C19H21N7/c1-2-11-26(10-1)17-7-5-16(6-8-17)23-19-24-18(14-22-25-19)21-13-15-4-3-9-20-12-15/h3-9,12,14H,1-2,10-11,13H2,(H2,21,23,24,25). The van der Waals surface area contributed by atoms with E-state index in [0.717, 1.165) is 24.3 Å². The molecular weight excluding hydrogens is 326 g/mol. The molecule has 0 unspecified atom stereocenters. The van der Waals surface area contributed by atoms with Gasteiger partial charge in [0.1, 0.15) is 0 Å². The van der Waals surface area contributed by atoms with Crippen molar-refractivity contribution in [2.75, 3.05) is 28.6 Å². The normalized spacial score (nSPS) is 13.6. The van der Waals surface area contributed by atoms with Gasteiger partial charge in [-0.15, -0.1) is 5.10 Å². The van der Waals surface area contributed by atoms with Crippen molar-refractivity contribution in [1.29, 1.82) is 0 Å². The quantitative estimate of drug-likeness (QED) is 0.709. The van der Waals surface area contributed by atoms with E-state index >= 15 is 0 Å². The molecule has 1 aromatic carbocycles. The molecule has 0 radical (unpaired) electrons. The van der Waals surface area contributed by atoms with Crippen molar-refractivity contribution in [3.8, 4) is 0 Å². The molecule has 1 aliphatic heterocycles. The number of nitrogens with one attached hydrogen (secondary N) is 2. The second kappa shape index (κ2) is 7.77. The Morgan fingerprint density at radius 3 is 2.62 bits per heavy atom. The molecule has 0 spiro atoms. The Labute approximate surface area is 152 Å². The van der Waals surface area contributed by atoms with E-state index in [-0.39, 0.29) is 0 Å². The molecule has 0 atom stereocenters. The van der Waals surface area contributed by atoms with E-state index in [0.29, 0.717) is 18.3 Å². The lowest BCUT2D eigenvalue weighted by molar-refractivity contribution is 0.949. The van der Waals surface area contributed by atoms with Crippen LogP contribution in [-0.4, -0.2) is 33.3 Å². The molecular formula is C19H21N7. The fraction of sp³-hybridized carbons (Fsp3) is 0.263. The Bertz CT molecular complexity index is 830. The largest absolute Gasteiger partial charge is 0.372 e. The highest BCUT2D eigenvalue weighted by molar-refractivity contribution is 5.59. The Balaban J connectivity index is 1.38. The lowest BCUT2D eigenvalue weighted by Crippen LogP contribution is -2.17. The van der Waals surface area contributed by atoms with Gasteiger partial charge in [-0.25, -0.2) is 0 Å². The molecule has 2 N–H and O–H groups in total. The van der Waals surface area contributed by atoms with Crippen LogP contribution in [0.5, 0.6) is 0 Å². The average Bonchev–Trinajstić information content (AvgIpc) is 3.23. The van der Waals surface area contributed by atoms with Crippen molar-refractivity contribution in [3.63, 3.8) is 0 Å². The summed E-state index contributed by atoms with van der Waals surface area (Å²) in [6, 6.07) is 12.3. The van der Waals surface area contributed by atoms with Crippen LogP contribution in [0.2, 0.25) is 0 Å². The van der Waals surface area contributed by atoms with E-state index < -0.39 is 0 Å². The van der Waals surface area contributed by atoms with Gasteiger partial charge in [-0.1, -0.05) is 6.07 Å². The van der Waals surface area contributed by atoms with Crippen LogP contribution in [0.4, 0.5) is 23.1 Å². The summed E-state index contributed by atoms with van der Waals surface area (Å²) in [6.45, 7) is 2.92. The molecule has 0 bridgehead atoms. The number of pyridine rings is 1. The highest BCUT2D eigenvalue weighted by atomic mass is 15.3. The van der Waals surface area contributed by atoms with Gasteiger partial charge in [0.15, 0.2) is 5.82 Å². The fourth-order valence-corrected chi connectivity index (χ4v) is 3.00. The van der Waals surface area contributed by atoms with Crippen LogP contribution in [0, 0.1) is 0 Å². The van der Waals surface area contributed by atoms with E-state index in [2.05, 4.69) is 47.8 Å². The summed E-state index contributed by atoms with van der Waals surface area (Å²) >= 11 is 0. The van der Waals surface area contributed by atoms with Gasteiger partial charge >= 0.3 is 0 Å². The van der Waals surface area contributed by atoms with Crippen LogP contribution < -0.4 is 15.5 Å². The first-order valence-corrected chi connectivity index (χ1v) is 8.81. The Kier molecular flexibility index (Phi) is 4.86. The number of anilines is 4. The van der Waals surface area contributed by atoms with Crippen LogP contribution in [0.15, 0.2) is 55.0 Å². The molecule has 0 aliphatic carbocycles. The van der Waals surface area contributed by atoms with E-state index in [1.165, 1.54) is 18.5 Å². The van der Waals surface area contributed by atoms with Crippen LogP contribution in [0.25, 0.3) is 0 Å². The fourth-order valence-electron chi connectivity index (χ4n) is 3.00. The second-order valence-electron chi connectivity index (χ2n) is 6.25. The lowest BCUT2D eigenvalue weighted by atomic mass is 10.2. The molecule has 3 aromatic rings. The third kappa shape index (κ3) is 4.05. The Morgan fingerprint density at radius 1 is 1.00 bits per heavy atom. The van der Waals surface area contributed by atoms with Crippen molar-refractivity contribution >= 4 is 23.1 Å². The van der Waals surface area contributed by atoms with Crippen LogP contribution in [0.1, 0.15) is 18.4 Å². The summed E-state index contributed by atoms with van der Waals surface area (Å²) in [4.78, 5) is 11.0. The summed E-state index contributed by atoms with van der Waals surface area (Å²) in [5.74, 6) is 1.13.